The number of hydrogen-bond donors (Lipinski definition) is 1. The summed E-state index contributed by atoms with van der Waals surface area (Å²) in [6.45, 7) is 0. The zero-order chi connectivity index (χ0) is 17.2. The van der Waals surface area contributed by atoms with Gasteiger partial charge in [0.1, 0.15) is 11.5 Å². The van der Waals surface area contributed by atoms with Gasteiger partial charge in [0, 0.05) is 5.92 Å². The molecular weight excluding hydrogens is 308 g/mol. The molecule has 2 nitrogen and oxygen atoms in total. The highest BCUT2D eigenvalue weighted by atomic mass is 16.5. The molecule has 0 spiro atoms. The third kappa shape index (κ3) is 3.00. The lowest BCUT2D eigenvalue weighted by atomic mass is 9.69. The molecule has 1 aliphatic rings. The summed E-state index contributed by atoms with van der Waals surface area (Å²) in [4.78, 5) is 0. The van der Waals surface area contributed by atoms with Crippen LogP contribution in [0.3, 0.4) is 0 Å². The zero-order valence-corrected chi connectivity index (χ0v) is 14.4. The zero-order valence-electron chi connectivity index (χ0n) is 14.4. The topological polar surface area (TPSA) is 29.5 Å². The van der Waals surface area contributed by atoms with E-state index in [0.29, 0.717) is 11.7 Å². The molecule has 2 atom stereocenters. The van der Waals surface area contributed by atoms with E-state index in [1.165, 1.54) is 22.3 Å². The van der Waals surface area contributed by atoms with Crippen molar-refractivity contribution in [1.82, 2.24) is 0 Å². The van der Waals surface area contributed by atoms with E-state index in [2.05, 4.69) is 48.5 Å². The Morgan fingerprint density at radius 2 is 1.64 bits per heavy atom. The van der Waals surface area contributed by atoms with Crippen LogP contribution in [0.1, 0.15) is 40.5 Å². The summed E-state index contributed by atoms with van der Waals surface area (Å²) in [5.41, 5.74) is 5.25. The number of benzene rings is 3. The number of aryl methyl sites for hydroxylation is 1. The van der Waals surface area contributed by atoms with Gasteiger partial charge in [-0.05, 0) is 65.3 Å². The Morgan fingerprint density at radius 3 is 2.36 bits per heavy atom. The predicted octanol–water partition coefficient (Wildman–Crippen LogP) is 5.26. The molecule has 0 saturated heterocycles. The summed E-state index contributed by atoms with van der Waals surface area (Å²) >= 11 is 0. The number of fused-ring (bicyclic) bond motifs is 1. The van der Waals surface area contributed by atoms with Gasteiger partial charge in [-0.2, -0.15) is 0 Å². The average Bonchev–Trinajstić information content (AvgIpc) is 2.68. The third-order valence-electron chi connectivity index (χ3n) is 5.29. The van der Waals surface area contributed by atoms with Crippen LogP contribution in [0.5, 0.6) is 11.5 Å². The van der Waals surface area contributed by atoms with Crippen molar-refractivity contribution >= 4 is 0 Å². The van der Waals surface area contributed by atoms with Crippen molar-refractivity contribution < 1.29 is 9.84 Å². The van der Waals surface area contributed by atoms with Gasteiger partial charge in [-0.3, -0.25) is 0 Å². The molecule has 25 heavy (non-hydrogen) atoms. The first-order valence-electron chi connectivity index (χ1n) is 8.77. The fourth-order valence-corrected chi connectivity index (χ4v) is 4.09. The summed E-state index contributed by atoms with van der Waals surface area (Å²) in [5, 5.41) is 9.88. The van der Waals surface area contributed by atoms with Crippen LogP contribution >= 0.6 is 0 Å². The van der Waals surface area contributed by atoms with Crippen molar-refractivity contribution in [2.24, 2.45) is 0 Å². The lowest BCUT2D eigenvalue weighted by Gasteiger charge is -2.34. The summed E-state index contributed by atoms with van der Waals surface area (Å²) in [5.74, 6) is 1.96. The van der Waals surface area contributed by atoms with E-state index in [1.54, 1.807) is 7.11 Å². The van der Waals surface area contributed by atoms with Crippen LogP contribution in [0, 0.1) is 0 Å². The Morgan fingerprint density at radius 1 is 0.880 bits per heavy atom. The lowest BCUT2D eigenvalue weighted by molar-refractivity contribution is 0.414. The predicted molar refractivity (Wildman–Crippen MR) is 100 cm³/mol. The molecule has 4 rings (SSSR count). The van der Waals surface area contributed by atoms with Crippen LogP contribution in [0.2, 0.25) is 0 Å². The fraction of sp³-hybridized carbons (Fsp3) is 0.217. The molecule has 3 aromatic rings. The summed E-state index contributed by atoms with van der Waals surface area (Å²) < 4.78 is 5.32. The number of ether oxygens (including phenoxy) is 1. The van der Waals surface area contributed by atoms with Gasteiger partial charge < -0.3 is 9.84 Å². The van der Waals surface area contributed by atoms with Crippen LogP contribution in [-0.2, 0) is 6.42 Å². The molecule has 0 aromatic heterocycles. The highest BCUT2D eigenvalue weighted by Crippen LogP contribution is 2.47. The molecule has 3 aromatic carbocycles. The highest BCUT2D eigenvalue weighted by Gasteiger charge is 2.32. The molecule has 0 amide bonds. The molecule has 0 heterocycles. The van der Waals surface area contributed by atoms with Gasteiger partial charge in [-0.15, -0.1) is 0 Å². The first-order chi connectivity index (χ1) is 12.3. The molecule has 126 valence electrons. The van der Waals surface area contributed by atoms with E-state index in [1.807, 2.05) is 24.3 Å². The Balaban J connectivity index is 1.83. The van der Waals surface area contributed by atoms with Crippen LogP contribution < -0.4 is 4.74 Å². The maximum absolute atomic E-state index is 9.88. The first kappa shape index (κ1) is 15.8. The minimum atomic E-state index is 0.289. The van der Waals surface area contributed by atoms with Gasteiger partial charge in [0.2, 0.25) is 0 Å². The number of phenolic OH excluding ortho intramolecular Hbond substituents is 1. The van der Waals surface area contributed by atoms with E-state index in [9.17, 15) is 5.11 Å². The largest absolute Gasteiger partial charge is 0.508 e. The van der Waals surface area contributed by atoms with E-state index in [4.69, 9.17) is 4.74 Å². The van der Waals surface area contributed by atoms with Crippen LogP contribution in [0.15, 0.2) is 72.8 Å². The molecule has 0 saturated carbocycles. The number of hydrogen-bond acceptors (Lipinski definition) is 2. The van der Waals surface area contributed by atoms with Crippen molar-refractivity contribution in [1.29, 1.82) is 0 Å². The van der Waals surface area contributed by atoms with Crippen LogP contribution in [0.4, 0.5) is 0 Å². The van der Waals surface area contributed by atoms with Gasteiger partial charge in [-0.1, -0.05) is 48.5 Å². The van der Waals surface area contributed by atoms with Crippen LogP contribution in [0.25, 0.3) is 0 Å². The minimum Gasteiger partial charge on any atom is -0.508 e. The molecule has 2 heteroatoms. The first-order valence-corrected chi connectivity index (χ1v) is 8.77. The molecular formula is C23H22O2. The number of phenols is 1. The average molecular weight is 330 g/mol. The number of rotatable bonds is 3. The number of aromatic hydroxyl groups is 1. The monoisotopic (exact) mass is 330 g/mol. The van der Waals surface area contributed by atoms with Gasteiger partial charge in [0.05, 0.1) is 7.11 Å². The summed E-state index contributed by atoms with van der Waals surface area (Å²) in [6.07, 6.45) is 2.08. The smallest absolute Gasteiger partial charge is 0.118 e. The molecule has 0 fully saturated rings. The Bertz CT molecular complexity index is 853. The SMILES string of the molecule is COc1ccc([C@@H]2c3ccc(O)cc3CC[C@@H]2c2ccccc2)cc1. The Hall–Kier alpha value is -2.74. The third-order valence-corrected chi connectivity index (χ3v) is 5.29. The Labute approximate surface area is 148 Å². The molecule has 1 aliphatic carbocycles. The van der Waals surface area contributed by atoms with Crippen molar-refractivity contribution in [2.75, 3.05) is 7.11 Å². The maximum Gasteiger partial charge on any atom is 0.118 e. The molecule has 0 unspecified atom stereocenters. The molecule has 1 N–H and O–H groups in total. The van der Waals surface area contributed by atoms with Crippen LogP contribution in [-0.4, -0.2) is 12.2 Å². The van der Waals surface area contributed by atoms with Gasteiger partial charge in [-0.25, -0.2) is 0 Å². The van der Waals surface area contributed by atoms with Crippen molar-refractivity contribution in [3.8, 4) is 11.5 Å². The maximum atomic E-state index is 9.88. The van der Waals surface area contributed by atoms with Crippen molar-refractivity contribution in [2.45, 2.75) is 24.7 Å². The van der Waals surface area contributed by atoms with Crippen molar-refractivity contribution in [3.05, 3.63) is 95.1 Å². The fourth-order valence-electron chi connectivity index (χ4n) is 4.09. The van der Waals surface area contributed by atoms with E-state index >= 15 is 0 Å². The Kier molecular flexibility index (Phi) is 4.19. The standard InChI is InChI=1S/C23H22O2/c1-25-20-11-7-17(8-12-20)23-21(16-5-3-2-4-6-16)13-9-18-15-19(24)10-14-22(18)23/h2-8,10-12,14-15,21,23-24H,9,13H2,1H3/t21-,23+/m1/s1. The van der Waals surface area contributed by atoms with E-state index in [0.717, 1.165) is 18.6 Å². The second kappa shape index (κ2) is 6.64. The van der Waals surface area contributed by atoms with Crippen molar-refractivity contribution in [3.63, 3.8) is 0 Å². The molecule has 0 aliphatic heterocycles. The summed E-state index contributed by atoms with van der Waals surface area (Å²) in [7, 11) is 1.69. The lowest BCUT2D eigenvalue weighted by Crippen LogP contribution is -2.20. The number of methoxy groups -OCH3 is 1. The van der Waals surface area contributed by atoms with Gasteiger partial charge in [0.25, 0.3) is 0 Å². The summed E-state index contributed by atoms with van der Waals surface area (Å²) in [6, 6.07) is 25.0. The van der Waals surface area contributed by atoms with E-state index < -0.39 is 0 Å². The minimum absolute atomic E-state index is 0.289. The highest BCUT2D eigenvalue weighted by molar-refractivity contribution is 5.48. The molecule has 0 bridgehead atoms. The normalized spacial score (nSPS) is 19.2. The van der Waals surface area contributed by atoms with E-state index in [-0.39, 0.29) is 5.92 Å². The quantitative estimate of drug-likeness (QED) is 0.709. The van der Waals surface area contributed by atoms with Gasteiger partial charge in [0.15, 0.2) is 0 Å². The second-order valence-electron chi connectivity index (χ2n) is 6.69. The second-order valence-corrected chi connectivity index (χ2v) is 6.69. The van der Waals surface area contributed by atoms with Gasteiger partial charge >= 0.3 is 0 Å². The molecule has 0 radical (unpaired) electrons.